The number of amides is 1. The average molecular weight is 308 g/mol. The van der Waals surface area contributed by atoms with Crippen LogP contribution in [0.5, 0.6) is 0 Å². The zero-order valence-electron chi connectivity index (χ0n) is 13.3. The summed E-state index contributed by atoms with van der Waals surface area (Å²) in [7, 11) is 0. The number of aryl methyl sites for hydroxylation is 1. The van der Waals surface area contributed by atoms with Crippen molar-refractivity contribution in [3.05, 3.63) is 48.0 Å². The molecule has 118 valence electrons. The molecule has 0 unspecified atom stereocenters. The van der Waals surface area contributed by atoms with Gasteiger partial charge in [0.05, 0.1) is 0 Å². The molecule has 1 amide bonds. The second-order valence-corrected chi connectivity index (χ2v) is 5.66. The molecule has 0 saturated carbocycles. The Morgan fingerprint density at radius 3 is 2.70 bits per heavy atom. The number of likely N-dealkylation sites (tertiary alicyclic amines) is 1. The molecular formula is C18H20N4O. The van der Waals surface area contributed by atoms with Crippen molar-refractivity contribution >= 4 is 5.91 Å². The van der Waals surface area contributed by atoms with Crippen molar-refractivity contribution in [2.75, 3.05) is 13.1 Å². The first-order valence-corrected chi connectivity index (χ1v) is 8.01. The van der Waals surface area contributed by atoms with Crippen molar-refractivity contribution in [2.45, 2.75) is 32.2 Å². The molecule has 0 spiro atoms. The molecule has 1 aliphatic heterocycles. The van der Waals surface area contributed by atoms with Gasteiger partial charge in [0.2, 0.25) is 0 Å². The van der Waals surface area contributed by atoms with E-state index in [1.165, 1.54) is 0 Å². The summed E-state index contributed by atoms with van der Waals surface area (Å²) in [6.07, 6.45) is 3.60. The minimum atomic E-state index is -0.0933. The second-order valence-electron chi connectivity index (χ2n) is 5.66. The zero-order chi connectivity index (χ0) is 16.1. The molecule has 3 rings (SSSR count). The monoisotopic (exact) mass is 308 g/mol. The van der Waals surface area contributed by atoms with Gasteiger partial charge in [0.25, 0.3) is 5.91 Å². The summed E-state index contributed by atoms with van der Waals surface area (Å²) in [5.41, 5.74) is 0.867. The summed E-state index contributed by atoms with van der Waals surface area (Å²) < 4.78 is 2.08. The van der Waals surface area contributed by atoms with Gasteiger partial charge in [-0.05, 0) is 31.9 Å². The lowest BCUT2D eigenvalue weighted by Crippen LogP contribution is -2.37. The van der Waals surface area contributed by atoms with Crippen molar-refractivity contribution in [1.29, 1.82) is 0 Å². The largest absolute Gasteiger partial charge is 0.332 e. The molecule has 23 heavy (non-hydrogen) atoms. The Morgan fingerprint density at radius 2 is 2.00 bits per heavy atom. The number of piperidine rings is 1. The Kier molecular flexibility index (Phi) is 4.72. The van der Waals surface area contributed by atoms with E-state index in [4.69, 9.17) is 0 Å². The smallest absolute Gasteiger partial charge is 0.298 e. The highest BCUT2D eigenvalue weighted by molar-refractivity contribution is 5.94. The van der Waals surface area contributed by atoms with Crippen LogP contribution >= 0.6 is 0 Å². The summed E-state index contributed by atoms with van der Waals surface area (Å²) in [4.78, 5) is 14.0. The van der Waals surface area contributed by atoms with Gasteiger partial charge >= 0.3 is 0 Å². The van der Waals surface area contributed by atoms with Crippen LogP contribution < -0.4 is 0 Å². The third-order valence-electron chi connectivity index (χ3n) is 4.22. The predicted molar refractivity (Wildman–Crippen MR) is 87.6 cm³/mol. The van der Waals surface area contributed by atoms with Crippen LogP contribution in [0.25, 0.3) is 0 Å². The maximum atomic E-state index is 12.2. The van der Waals surface area contributed by atoms with Gasteiger partial charge in [0.1, 0.15) is 12.2 Å². The molecule has 1 aliphatic rings. The van der Waals surface area contributed by atoms with Crippen LogP contribution in [0, 0.1) is 11.8 Å². The van der Waals surface area contributed by atoms with E-state index in [9.17, 15) is 4.79 Å². The second kappa shape index (κ2) is 7.10. The molecule has 0 N–H and O–H groups in total. The molecule has 5 heteroatoms. The Balaban J connectivity index is 1.59. The lowest BCUT2D eigenvalue weighted by atomic mass is 9.96. The van der Waals surface area contributed by atoms with Crippen molar-refractivity contribution in [3.8, 4) is 11.8 Å². The van der Waals surface area contributed by atoms with Gasteiger partial charge in [0, 0.05) is 37.0 Å². The van der Waals surface area contributed by atoms with E-state index >= 15 is 0 Å². The van der Waals surface area contributed by atoms with E-state index in [1.54, 1.807) is 6.33 Å². The standard InChI is InChI=1S/C18H20N4O/c1-2-21-14-19-20-18(21)16-10-12-22(13-11-16)17(23)9-8-15-6-4-3-5-7-15/h3-7,14,16H,2,10-13H2,1H3. The fraction of sp³-hybridized carbons (Fsp3) is 0.389. The molecular weight excluding hydrogens is 288 g/mol. The highest BCUT2D eigenvalue weighted by Gasteiger charge is 2.25. The number of carbonyl (C=O) groups excluding carboxylic acids is 1. The summed E-state index contributed by atoms with van der Waals surface area (Å²) in [5, 5.41) is 8.23. The van der Waals surface area contributed by atoms with Crippen molar-refractivity contribution in [2.24, 2.45) is 0 Å². The lowest BCUT2D eigenvalue weighted by molar-refractivity contribution is -0.126. The van der Waals surface area contributed by atoms with Crippen molar-refractivity contribution < 1.29 is 4.79 Å². The van der Waals surface area contributed by atoms with Gasteiger partial charge in [-0.25, -0.2) is 0 Å². The number of carbonyl (C=O) groups is 1. The minimum Gasteiger partial charge on any atom is -0.332 e. The van der Waals surface area contributed by atoms with Crippen LogP contribution in [0.3, 0.4) is 0 Å². The van der Waals surface area contributed by atoms with E-state index in [0.717, 1.165) is 43.9 Å². The molecule has 0 radical (unpaired) electrons. The van der Waals surface area contributed by atoms with E-state index in [-0.39, 0.29) is 5.91 Å². The normalized spacial score (nSPS) is 15.1. The first-order chi connectivity index (χ1) is 11.3. The zero-order valence-corrected chi connectivity index (χ0v) is 13.3. The summed E-state index contributed by atoms with van der Waals surface area (Å²) in [6, 6.07) is 9.59. The maximum absolute atomic E-state index is 12.2. The van der Waals surface area contributed by atoms with Gasteiger partial charge in [0.15, 0.2) is 0 Å². The third-order valence-corrected chi connectivity index (χ3v) is 4.22. The van der Waals surface area contributed by atoms with E-state index in [1.807, 2.05) is 35.2 Å². The number of hydrogen-bond acceptors (Lipinski definition) is 3. The number of aromatic nitrogens is 3. The highest BCUT2D eigenvalue weighted by Crippen LogP contribution is 2.26. The average Bonchev–Trinajstić information content (AvgIpc) is 3.09. The maximum Gasteiger partial charge on any atom is 0.298 e. The van der Waals surface area contributed by atoms with Gasteiger partial charge in [-0.2, -0.15) is 0 Å². The van der Waals surface area contributed by atoms with Crippen molar-refractivity contribution in [1.82, 2.24) is 19.7 Å². The SMILES string of the molecule is CCn1cnnc1C1CCN(C(=O)C#Cc2ccccc2)CC1. The van der Waals surface area contributed by atoms with Crippen LogP contribution in [-0.2, 0) is 11.3 Å². The predicted octanol–water partition coefficient (Wildman–Crippen LogP) is 2.06. The quantitative estimate of drug-likeness (QED) is 0.798. The number of rotatable bonds is 2. The molecule has 0 bridgehead atoms. The summed E-state index contributed by atoms with van der Waals surface area (Å²) >= 11 is 0. The first kappa shape index (κ1) is 15.3. The number of nitrogens with zero attached hydrogens (tertiary/aromatic N) is 4. The molecule has 0 aliphatic carbocycles. The van der Waals surface area contributed by atoms with Crippen molar-refractivity contribution in [3.63, 3.8) is 0 Å². The molecule has 2 heterocycles. The topological polar surface area (TPSA) is 51.0 Å². The number of benzene rings is 1. The molecule has 5 nitrogen and oxygen atoms in total. The van der Waals surface area contributed by atoms with Gasteiger partial charge in [-0.3, -0.25) is 4.79 Å². The Morgan fingerprint density at radius 1 is 1.26 bits per heavy atom. The van der Waals surface area contributed by atoms with Crippen LogP contribution in [-0.4, -0.2) is 38.7 Å². The fourth-order valence-corrected chi connectivity index (χ4v) is 2.89. The van der Waals surface area contributed by atoms with Crippen LogP contribution in [0.15, 0.2) is 36.7 Å². The number of hydrogen-bond donors (Lipinski definition) is 0. The van der Waals surface area contributed by atoms with Gasteiger partial charge < -0.3 is 9.47 Å². The lowest BCUT2D eigenvalue weighted by Gasteiger charge is -2.30. The molecule has 1 aromatic carbocycles. The molecule has 1 aromatic heterocycles. The molecule has 1 saturated heterocycles. The summed E-state index contributed by atoms with van der Waals surface area (Å²) in [5.74, 6) is 7.00. The summed E-state index contributed by atoms with van der Waals surface area (Å²) in [6.45, 7) is 4.42. The first-order valence-electron chi connectivity index (χ1n) is 8.01. The van der Waals surface area contributed by atoms with E-state index in [2.05, 4.69) is 33.5 Å². The molecule has 2 aromatic rings. The minimum absolute atomic E-state index is 0.0933. The molecule has 0 atom stereocenters. The van der Waals surface area contributed by atoms with Gasteiger partial charge in [-0.15, -0.1) is 10.2 Å². The van der Waals surface area contributed by atoms with Crippen LogP contribution in [0.2, 0.25) is 0 Å². The van der Waals surface area contributed by atoms with Gasteiger partial charge in [-0.1, -0.05) is 24.1 Å². The van der Waals surface area contributed by atoms with E-state index in [0.29, 0.717) is 5.92 Å². The Hall–Kier alpha value is -2.61. The van der Waals surface area contributed by atoms with Crippen LogP contribution in [0.1, 0.15) is 37.1 Å². The highest BCUT2D eigenvalue weighted by atomic mass is 16.2. The molecule has 1 fully saturated rings. The Bertz CT molecular complexity index is 718. The fourth-order valence-electron chi connectivity index (χ4n) is 2.89. The van der Waals surface area contributed by atoms with E-state index < -0.39 is 0 Å². The van der Waals surface area contributed by atoms with Crippen LogP contribution in [0.4, 0.5) is 0 Å². The Labute approximate surface area is 136 Å². The third kappa shape index (κ3) is 3.59.